The van der Waals surface area contributed by atoms with Gasteiger partial charge in [-0.25, -0.2) is 4.98 Å². The van der Waals surface area contributed by atoms with Crippen LogP contribution in [0.1, 0.15) is 34.5 Å². The molecule has 0 saturated carbocycles. The predicted octanol–water partition coefficient (Wildman–Crippen LogP) is 3.67. The van der Waals surface area contributed by atoms with Crippen molar-refractivity contribution in [3.05, 3.63) is 46.0 Å². The molecule has 1 aromatic heterocycles. The fourth-order valence-corrected chi connectivity index (χ4v) is 4.52. The van der Waals surface area contributed by atoms with Crippen molar-refractivity contribution in [2.45, 2.75) is 32.1 Å². The molecule has 2 heterocycles. The van der Waals surface area contributed by atoms with Gasteiger partial charge in [0.15, 0.2) is 5.13 Å². The van der Waals surface area contributed by atoms with Crippen LogP contribution in [0.2, 0.25) is 0 Å². The smallest absolute Gasteiger partial charge is 0.250 e. The molecule has 1 aliphatic heterocycles. The SMILES string of the molecule is CN1CCCc2cc(/C=C/C(=O)Nc3nc4c(s3)CCC4)ccc21. The molecule has 0 bridgehead atoms. The Morgan fingerprint density at radius 2 is 2.21 bits per heavy atom. The van der Waals surface area contributed by atoms with Gasteiger partial charge in [-0.3, -0.25) is 10.1 Å². The maximum Gasteiger partial charge on any atom is 0.250 e. The summed E-state index contributed by atoms with van der Waals surface area (Å²) in [5, 5.41) is 3.61. The van der Waals surface area contributed by atoms with E-state index in [0.29, 0.717) is 0 Å². The summed E-state index contributed by atoms with van der Waals surface area (Å²) in [7, 11) is 2.13. The van der Waals surface area contributed by atoms with Gasteiger partial charge in [0.05, 0.1) is 5.69 Å². The molecule has 0 radical (unpaired) electrons. The van der Waals surface area contributed by atoms with Crippen LogP contribution < -0.4 is 10.2 Å². The topological polar surface area (TPSA) is 45.2 Å². The summed E-state index contributed by atoms with van der Waals surface area (Å²) in [4.78, 5) is 20.2. The molecule has 5 heteroatoms. The van der Waals surface area contributed by atoms with Crippen LogP contribution in [-0.2, 0) is 24.1 Å². The highest BCUT2D eigenvalue weighted by atomic mass is 32.1. The average molecular weight is 339 g/mol. The number of nitrogens with zero attached hydrogens (tertiary/aromatic N) is 2. The minimum Gasteiger partial charge on any atom is -0.374 e. The van der Waals surface area contributed by atoms with Crippen LogP contribution >= 0.6 is 11.3 Å². The largest absolute Gasteiger partial charge is 0.374 e. The van der Waals surface area contributed by atoms with E-state index >= 15 is 0 Å². The second kappa shape index (κ2) is 6.40. The molecule has 4 rings (SSSR count). The van der Waals surface area contributed by atoms with Crippen LogP contribution in [-0.4, -0.2) is 24.5 Å². The average Bonchev–Trinajstić information content (AvgIpc) is 3.14. The van der Waals surface area contributed by atoms with Gasteiger partial charge in [0, 0.05) is 30.2 Å². The van der Waals surface area contributed by atoms with Crippen molar-refractivity contribution in [3.63, 3.8) is 0 Å². The second-order valence-corrected chi connectivity index (χ2v) is 7.56. The van der Waals surface area contributed by atoms with Crippen LogP contribution in [0.25, 0.3) is 6.08 Å². The molecule has 1 N–H and O–H groups in total. The van der Waals surface area contributed by atoms with Crippen LogP contribution in [0.4, 0.5) is 10.8 Å². The molecule has 4 nitrogen and oxygen atoms in total. The highest BCUT2D eigenvalue weighted by molar-refractivity contribution is 7.15. The van der Waals surface area contributed by atoms with E-state index in [1.807, 2.05) is 6.08 Å². The van der Waals surface area contributed by atoms with Gasteiger partial charge in [0.1, 0.15) is 0 Å². The third kappa shape index (κ3) is 3.08. The van der Waals surface area contributed by atoms with Crippen molar-refractivity contribution in [2.75, 3.05) is 23.8 Å². The molecule has 2 aliphatic rings. The molecule has 2 aromatic rings. The number of nitrogens with one attached hydrogen (secondary N) is 1. The first kappa shape index (κ1) is 15.4. The maximum atomic E-state index is 12.1. The summed E-state index contributed by atoms with van der Waals surface area (Å²) in [5.41, 5.74) is 4.90. The lowest BCUT2D eigenvalue weighted by molar-refractivity contribution is -0.111. The van der Waals surface area contributed by atoms with Gasteiger partial charge in [0.25, 0.3) is 0 Å². The molecule has 1 aromatic carbocycles. The Morgan fingerprint density at radius 1 is 1.29 bits per heavy atom. The Morgan fingerprint density at radius 3 is 3.08 bits per heavy atom. The first-order chi connectivity index (χ1) is 11.7. The Labute approximate surface area is 146 Å². The number of aromatic nitrogens is 1. The van der Waals surface area contributed by atoms with Gasteiger partial charge in [-0.15, -0.1) is 11.3 Å². The molecule has 0 fully saturated rings. The Kier molecular flexibility index (Phi) is 4.10. The second-order valence-electron chi connectivity index (χ2n) is 6.48. The lowest BCUT2D eigenvalue weighted by atomic mass is 9.99. The molecule has 0 saturated heterocycles. The molecule has 0 atom stereocenters. The molecule has 1 amide bonds. The predicted molar refractivity (Wildman–Crippen MR) is 99.8 cm³/mol. The third-order valence-corrected chi connectivity index (χ3v) is 5.78. The number of rotatable bonds is 3. The van der Waals surface area contributed by atoms with E-state index in [1.165, 1.54) is 29.0 Å². The van der Waals surface area contributed by atoms with Gasteiger partial charge in [-0.2, -0.15) is 0 Å². The number of hydrogen-bond acceptors (Lipinski definition) is 4. The van der Waals surface area contributed by atoms with Crippen molar-refractivity contribution in [1.29, 1.82) is 0 Å². The molecule has 1 aliphatic carbocycles. The maximum absolute atomic E-state index is 12.1. The van der Waals surface area contributed by atoms with Crippen LogP contribution in [0.15, 0.2) is 24.3 Å². The summed E-state index contributed by atoms with van der Waals surface area (Å²) in [6.45, 7) is 1.11. The summed E-state index contributed by atoms with van der Waals surface area (Å²) in [6, 6.07) is 6.41. The molecule has 0 spiro atoms. The van der Waals surface area contributed by atoms with E-state index in [0.717, 1.165) is 42.2 Å². The lowest BCUT2D eigenvalue weighted by Gasteiger charge is -2.27. The van der Waals surface area contributed by atoms with Gasteiger partial charge in [0.2, 0.25) is 5.91 Å². The summed E-state index contributed by atoms with van der Waals surface area (Å²) < 4.78 is 0. The number of benzene rings is 1. The minimum absolute atomic E-state index is 0.114. The molecular formula is C19H21N3OS. The highest BCUT2D eigenvalue weighted by Crippen LogP contribution is 2.30. The Hall–Kier alpha value is -2.14. The zero-order valence-electron chi connectivity index (χ0n) is 13.8. The number of carbonyl (C=O) groups is 1. The number of carbonyl (C=O) groups excluding carboxylic acids is 1. The number of hydrogen-bond donors (Lipinski definition) is 1. The first-order valence-corrected chi connectivity index (χ1v) is 9.32. The number of fused-ring (bicyclic) bond motifs is 2. The van der Waals surface area contributed by atoms with Crippen molar-refractivity contribution in [1.82, 2.24) is 4.98 Å². The third-order valence-electron chi connectivity index (χ3n) is 4.71. The number of amides is 1. The van der Waals surface area contributed by atoms with E-state index in [9.17, 15) is 4.79 Å². The van der Waals surface area contributed by atoms with E-state index in [2.05, 4.69) is 40.4 Å². The Bertz CT molecular complexity index is 787. The van der Waals surface area contributed by atoms with Crippen LogP contribution in [0, 0.1) is 0 Å². The molecular weight excluding hydrogens is 318 g/mol. The summed E-state index contributed by atoms with van der Waals surface area (Å²) in [5.74, 6) is -0.114. The zero-order valence-corrected chi connectivity index (χ0v) is 14.7. The van der Waals surface area contributed by atoms with E-state index in [-0.39, 0.29) is 5.91 Å². The zero-order chi connectivity index (χ0) is 16.5. The highest BCUT2D eigenvalue weighted by Gasteiger charge is 2.17. The van der Waals surface area contributed by atoms with E-state index < -0.39 is 0 Å². The summed E-state index contributed by atoms with van der Waals surface area (Å²) in [6.07, 6.45) is 9.11. The summed E-state index contributed by atoms with van der Waals surface area (Å²) >= 11 is 1.61. The number of aryl methyl sites for hydroxylation is 3. The van der Waals surface area contributed by atoms with Gasteiger partial charge < -0.3 is 4.90 Å². The van der Waals surface area contributed by atoms with Crippen molar-refractivity contribution < 1.29 is 4.79 Å². The fourth-order valence-electron chi connectivity index (χ4n) is 3.47. The number of anilines is 2. The van der Waals surface area contributed by atoms with Crippen molar-refractivity contribution >= 4 is 34.1 Å². The standard InChI is InChI=1S/C19H21N3OS/c1-22-11-3-4-14-12-13(7-9-16(14)22)8-10-18(23)21-19-20-15-5-2-6-17(15)24-19/h7-10,12H,2-6,11H2,1H3,(H,20,21,23)/b10-8+. The fraction of sp³-hybridized carbons (Fsp3) is 0.368. The molecule has 0 unspecified atom stereocenters. The normalized spacial score (nSPS) is 16.3. The molecule has 124 valence electrons. The quantitative estimate of drug-likeness (QED) is 0.868. The van der Waals surface area contributed by atoms with Crippen molar-refractivity contribution in [2.24, 2.45) is 0 Å². The van der Waals surface area contributed by atoms with Gasteiger partial charge in [-0.05, 0) is 61.4 Å². The number of thiazole rings is 1. The van der Waals surface area contributed by atoms with Gasteiger partial charge >= 0.3 is 0 Å². The van der Waals surface area contributed by atoms with Crippen LogP contribution in [0.5, 0.6) is 0 Å². The van der Waals surface area contributed by atoms with Crippen molar-refractivity contribution in [3.8, 4) is 0 Å². The van der Waals surface area contributed by atoms with E-state index in [1.54, 1.807) is 17.4 Å². The minimum atomic E-state index is -0.114. The van der Waals surface area contributed by atoms with E-state index in [4.69, 9.17) is 0 Å². The monoisotopic (exact) mass is 339 g/mol. The Balaban J connectivity index is 1.43. The molecule has 24 heavy (non-hydrogen) atoms. The first-order valence-electron chi connectivity index (χ1n) is 8.51. The lowest BCUT2D eigenvalue weighted by Crippen LogP contribution is -2.24. The van der Waals surface area contributed by atoms with Crippen LogP contribution in [0.3, 0.4) is 0 Å². The van der Waals surface area contributed by atoms with Gasteiger partial charge in [-0.1, -0.05) is 6.07 Å².